The van der Waals surface area contributed by atoms with Crippen molar-refractivity contribution in [2.75, 3.05) is 19.6 Å². The normalized spacial score (nSPS) is 29.9. The Morgan fingerprint density at radius 2 is 2.05 bits per heavy atom. The lowest BCUT2D eigenvalue weighted by atomic mass is 9.85. The number of hydrogen-bond acceptors (Lipinski definition) is 3. The van der Waals surface area contributed by atoms with E-state index in [1.54, 1.807) is 0 Å². The summed E-state index contributed by atoms with van der Waals surface area (Å²) in [6.07, 6.45) is 8.09. The zero-order chi connectivity index (χ0) is 13.7. The van der Waals surface area contributed by atoms with Gasteiger partial charge in [-0.15, -0.1) is 6.58 Å². The number of nitrogens with zero attached hydrogens (tertiary/aromatic N) is 1. The monoisotopic (exact) mass is 265 g/mol. The number of likely N-dealkylation sites (tertiary alicyclic amines) is 1. The van der Waals surface area contributed by atoms with Gasteiger partial charge in [0.05, 0.1) is 0 Å². The summed E-state index contributed by atoms with van der Waals surface area (Å²) >= 11 is 0. The fourth-order valence-electron chi connectivity index (χ4n) is 3.23. The molecule has 0 aromatic carbocycles. The first-order valence-electron chi connectivity index (χ1n) is 7.58. The molecule has 108 valence electrons. The zero-order valence-electron chi connectivity index (χ0n) is 11.8. The van der Waals surface area contributed by atoms with Crippen LogP contribution in [0.3, 0.4) is 0 Å². The predicted octanol–water partition coefficient (Wildman–Crippen LogP) is 1.27. The lowest BCUT2D eigenvalue weighted by Gasteiger charge is -2.33. The highest BCUT2D eigenvalue weighted by molar-refractivity contribution is 5.79. The average molecular weight is 265 g/mol. The highest BCUT2D eigenvalue weighted by Gasteiger charge is 2.27. The van der Waals surface area contributed by atoms with Crippen LogP contribution < -0.4 is 11.1 Å². The standard InChI is InChI=1S/C15H27N3O/c1-2-8-18-9-6-14(7-10-18)17-15(19)12-4-3-5-13(16)11-12/h2,12-14H,1,3-11,16H2,(H,17,19). The summed E-state index contributed by atoms with van der Waals surface area (Å²) in [7, 11) is 0. The maximum absolute atomic E-state index is 12.2. The molecule has 4 nitrogen and oxygen atoms in total. The smallest absolute Gasteiger partial charge is 0.223 e. The highest BCUT2D eigenvalue weighted by atomic mass is 16.1. The third-order valence-corrected chi connectivity index (χ3v) is 4.41. The summed E-state index contributed by atoms with van der Waals surface area (Å²) < 4.78 is 0. The SMILES string of the molecule is C=CCN1CCC(NC(=O)C2CCCC(N)C2)CC1. The number of nitrogens with two attached hydrogens (primary N) is 1. The van der Waals surface area contributed by atoms with Crippen molar-refractivity contribution in [3.63, 3.8) is 0 Å². The third-order valence-electron chi connectivity index (χ3n) is 4.41. The molecule has 1 amide bonds. The Morgan fingerprint density at radius 1 is 1.32 bits per heavy atom. The van der Waals surface area contributed by atoms with Gasteiger partial charge in [-0.2, -0.15) is 0 Å². The van der Waals surface area contributed by atoms with Crippen LogP contribution in [0, 0.1) is 5.92 Å². The van der Waals surface area contributed by atoms with Crippen LogP contribution in [-0.4, -0.2) is 42.5 Å². The second-order valence-corrected chi connectivity index (χ2v) is 6.00. The molecule has 0 radical (unpaired) electrons. The molecule has 1 aliphatic heterocycles. The largest absolute Gasteiger partial charge is 0.353 e. The maximum Gasteiger partial charge on any atom is 0.223 e. The summed E-state index contributed by atoms with van der Waals surface area (Å²) in [6, 6.07) is 0.575. The van der Waals surface area contributed by atoms with Crippen molar-refractivity contribution < 1.29 is 4.79 Å². The molecule has 3 N–H and O–H groups in total. The Balaban J connectivity index is 1.72. The van der Waals surface area contributed by atoms with Crippen LogP contribution in [0.25, 0.3) is 0 Å². The molecule has 2 fully saturated rings. The summed E-state index contributed by atoms with van der Waals surface area (Å²) in [5.74, 6) is 0.382. The lowest BCUT2D eigenvalue weighted by Crippen LogP contribution is -2.47. The molecule has 1 saturated heterocycles. The quantitative estimate of drug-likeness (QED) is 0.753. The van der Waals surface area contributed by atoms with Crippen molar-refractivity contribution in [2.24, 2.45) is 11.7 Å². The number of carbonyl (C=O) groups is 1. The Kier molecular flexibility index (Phi) is 5.40. The van der Waals surface area contributed by atoms with Gasteiger partial charge >= 0.3 is 0 Å². The van der Waals surface area contributed by atoms with Gasteiger partial charge in [0, 0.05) is 37.6 Å². The summed E-state index contributed by atoms with van der Waals surface area (Å²) in [5.41, 5.74) is 5.95. The number of nitrogens with one attached hydrogen (secondary N) is 1. The topological polar surface area (TPSA) is 58.4 Å². The number of piperidine rings is 1. The second-order valence-electron chi connectivity index (χ2n) is 6.00. The fourth-order valence-corrected chi connectivity index (χ4v) is 3.23. The maximum atomic E-state index is 12.2. The molecule has 2 unspecified atom stereocenters. The van der Waals surface area contributed by atoms with Gasteiger partial charge in [-0.05, 0) is 32.1 Å². The Morgan fingerprint density at radius 3 is 2.68 bits per heavy atom. The molecule has 2 aliphatic rings. The minimum Gasteiger partial charge on any atom is -0.353 e. The van der Waals surface area contributed by atoms with Crippen LogP contribution in [0.4, 0.5) is 0 Å². The number of rotatable bonds is 4. The highest BCUT2D eigenvalue weighted by Crippen LogP contribution is 2.23. The van der Waals surface area contributed by atoms with E-state index >= 15 is 0 Å². The minimum absolute atomic E-state index is 0.148. The van der Waals surface area contributed by atoms with Crippen molar-refractivity contribution in [1.82, 2.24) is 10.2 Å². The lowest BCUT2D eigenvalue weighted by molar-refractivity contribution is -0.127. The molecule has 0 aromatic heterocycles. The summed E-state index contributed by atoms with van der Waals surface area (Å²) in [6.45, 7) is 6.84. The molecular formula is C15H27N3O. The van der Waals surface area contributed by atoms with Gasteiger partial charge in [0.25, 0.3) is 0 Å². The van der Waals surface area contributed by atoms with E-state index in [2.05, 4.69) is 16.8 Å². The van der Waals surface area contributed by atoms with Gasteiger partial charge < -0.3 is 11.1 Å². The van der Waals surface area contributed by atoms with Crippen molar-refractivity contribution in [3.8, 4) is 0 Å². The van der Waals surface area contributed by atoms with Crippen LogP contribution in [0.15, 0.2) is 12.7 Å². The van der Waals surface area contributed by atoms with Crippen LogP contribution in [0.1, 0.15) is 38.5 Å². The van der Waals surface area contributed by atoms with Gasteiger partial charge in [0.1, 0.15) is 0 Å². The third kappa shape index (κ3) is 4.32. The first-order valence-corrected chi connectivity index (χ1v) is 7.58. The molecule has 1 heterocycles. The second kappa shape index (κ2) is 7.06. The molecule has 1 saturated carbocycles. The molecule has 2 rings (SSSR count). The molecule has 4 heteroatoms. The molecule has 19 heavy (non-hydrogen) atoms. The van der Waals surface area contributed by atoms with Crippen LogP contribution in [0.2, 0.25) is 0 Å². The van der Waals surface area contributed by atoms with Crippen molar-refractivity contribution in [2.45, 2.75) is 50.6 Å². The van der Waals surface area contributed by atoms with E-state index in [4.69, 9.17) is 5.73 Å². The fraction of sp³-hybridized carbons (Fsp3) is 0.800. The van der Waals surface area contributed by atoms with E-state index in [0.29, 0.717) is 6.04 Å². The van der Waals surface area contributed by atoms with E-state index in [0.717, 1.165) is 58.2 Å². The minimum atomic E-state index is 0.148. The van der Waals surface area contributed by atoms with Gasteiger partial charge in [0.15, 0.2) is 0 Å². The number of carbonyl (C=O) groups excluding carboxylic acids is 1. The van der Waals surface area contributed by atoms with E-state index < -0.39 is 0 Å². The van der Waals surface area contributed by atoms with Crippen molar-refractivity contribution in [1.29, 1.82) is 0 Å². The van der Waals surface area contributed by atoms with Crippen molar-refractivity contribution >= 4 is 5.91 Å². The first kappa shape index (κ1) is 14.5. The van der Waals surface area contributed by atoms with Gasteiger partial charge in [0.2, 0.25) is 5.91 Å². The molecule has 1 aliphatic carbocycles. The summed E-state index contributed by atoms with van der Waals surface area (Å²) in [4.78, 5) is 14.6. The summed E-state index contributed by atoms with van der Waals surface area (Å²) in [5, 5.41) is 3.22. The van der Waals surface area contributed by atoms with E-state index in [9.17, 15) is 4.79 Å². The van der Waals surface area contributed by atoms with Crippen LogP contribution in [-0.2, 0) is 4.79 Å². The van der Waals surface area contributed by atoms with Gasteiger partial charge in [-0.1, -0.05) is 12.5 Å². The Bertz CT molecular complexity index is 311. The Labute approximate surface area is 116 Å². The van der Waals surface area contributed by atoms with E-state index in [-0.39, 0.29) is 17.9 Å². The van der Waals surface area contributed by atoms with Crippen LogP contribution in [0.5, 0.6) is 0 Å². The molecular weight excluding hydrogens is 238 g/mol. The van der Waals surface area contributed by atoms with Gasteiger partial charge in [-0.25, -0.2) is 0 Å². The molecule has 0 bridgehead atoms. The number of amides is 1. The van der Waals surface area contributed by atoms with E-state index in [1.165, 1.54) is 0 Å². The zero-order valence-corrected chi connectivity index (χ0v) is 11.8. The molecule has 0 spiro atoms. The number of hydrogen-bond donors (Lipinski definition) is 2. The van der Waals surface area contributed by atoms with Crippen LogP contribution >= 0.6 is 0 Å². The van der Waals surface area contributed by atoms with E-state index in [1.807, 2.05) is 6.08 Å². The first-order chi connectivity index (χ1) is 9.19. The molecule has 2 atom stereocenters. The molecule has 0 aromatic rings. The van der Waals surface area contributed by atoms with Gasteiger partial charge in [-0.3, -0.25) is 9.69 Å². The van der Waals surface area contributed by atoms with Crippen molar-refractivity contribution in [3.05, 3.63) is 12.7 Å². The predicted molar refractivity (Wildman–Crippen MR) is 77.7 cm³/mol. The Hall–Kier alpha value is -0.870. The average Bonchev–Trinajstić information content (AvgIpc) is 2.41.